The summed E-state index contributed by atoms with van der Waals surface area (Å²) in [7, 11) is 0. The van der Waals surface area contributed by atoms with E-state index in [9.17, 15) is 4.79 Å². The first-order chi connectivity index (χ1) is 10.3. The molecule has 4 rings (SSSR count). The van der Waals surface area contributed by atoms with Crippen molar-refractivity contribution >= 4 is 5.91 Å². The van der Waals surface area contributed by atoms with Gasteiger partial charge in [0.2, 0.25) is 5.91 Å². The van der Waals surface area contributed by atoms with E-state index >= 15 is 0 Å². The number of carbonyl (C=O) groups excluding carboxylic acids is 1. The van der Waals surface area contributed by atoms with Crippen molar-refractivity contribution in [1.82, 2.24) is 10.2 Å². The number of nitrogens with zero attached hydrogens (tertiary/aromatic N) is 1. The van der Waals surface area contributed by atoms with Crippen molar-refractivity contribution in [1.29, 1.82) is 0 Å². The van der Waals surface area contributed by atoms with Gasteiger partial charge in [-0.15, -0.1) is 0 Å². The SMILES string of the molecule is CC1CC1N1C(=O)C(c2ccccc2)NC1C1CCCC1. The first-order valence-electron chi connectivity index (χ1n) is 8.39. The maximum atomic E-state index is 13.0. The Balaban J connectivity index is 1.62. The summed E-state index contributed by atoms with van der Waals surface area (Å²) < 4.78 is 0. The number of amides is 1. The van der Waals surface area contributed by atoms with Crippen molar-refractivity contribution in [2.45, 2.75) is 57.3 Å². The Kier molecular flexibility index (Phi) is 3.26. The molecule has 4 unspecified atom stereocenters. The van der Waals surface area contributed by atoms with Crippen LogP contribution in [0.25, 0.3) is 0 Å². The fourth-order valence-corrected chi connectivity index (χ4v) is 4.19. The topological polar surface area (TPSA) is 32.3 Å². The molecule has 3 nitrogen and oxygen atoms in total. The molecule has 0 bridgehead atoms. The summed E-state index contributed by atoms with van der Waals surface area (Å²) in [5.74, 6) is 1.62. The van der Waals surface area contributed by atoms with Crippen LogP contribution < -0.4 is 5.32 Å². The van der Waals surface area contributed by atoms with E-state index in [-0.39, 0.29) is 12.2 Å². The van der Waals surface area contributed by atoms with Crippen molar-refractivity contribution in [3.8, 4) is 0 Å². The number of hydrogen-bond donors (Lipinski definition) is 1. The fraction of sp³-hybridized carbons (Fsp3) is 0.611. The lowest BCUT2D eigenvalue weighted by Gasteiger charge is -2.29. The average Bonchev–Trinajstić information content (AvgIpc) is 2.95. The van der Waals surface area contributed by atoms with Gasteiger partial charge in [-0.2, -0.15) is 0 Å². The van der Waals surface area contributed by atoms with E-state index in [0.717, 1.165) is 5.56 Å². The molecule has 3 fully saturated rings. The zero-order valence-electron chi connectivity index (χ0n) is 12.7. The van der Waals surface area contributed by atoms with E-state index < -0.39 is 0 Å². The van der Waals surface area contributed by atoms with E-state index in [1.165, 1.54) is 32.1 Å². The Morgan fingerprint density at radius 2 is 1.81 bits per heavy atom. The Hall–Kier alpha value is -1.35. The van der Waals surface area contributed by atoms with E-state index in [4.69, 9.17) is 0 Å². The van der Waals surface area contributed by atoms with E-state index in [1.54, 1.807) is 0 Å². The van der Waals surface area contributed by atoms with Gasteiger partial charge in [-0.25, -0.2) is 0 Å². The van der Waals surface area contributed by atoms with Crippen molar-refractivity contribution in [3.05, 3.63) is 35.9 Å². The molecule has 2 saturated carbocycles. The molecule has 1 aromatic carbocycles. The Morgan fingerprint density at radius 1 is 1.14 bits per heavy atom. The smallest absolute Gasteiger partial charge is 0.245 e. The molecule has 0 aromatic heterocycles. The van der Waals surface area contributed by atoms with Crippen molar-refractivity contribution in [2.24, 2.45) is 11.8 Å². The van der Waals surface area contributed by atoms with Crippen LogP contribution in [-0.2, 0) is 4.79 Å². The van der Waals surface area contributed by atoms with Crippen LogP contribution in [0.3, 0.4) is 0 Å². The van der Waals surface area contributed by atoms with Crippen molar-refractivity contribution in [3.63, 3.8) is 0 Å². The maximum Gasteiger partial charge on any atom is 0.245 e. The van der Waals surface area contributed by atoms with Crippen LogP contribution in [0.5, 0.6) is 0 Å². The standard InChI is InChI=1S/C18H24N2O/c1-12-11-15(12)20-17(14-9-5-6-10-14)19-16(18(20)21)13-7-3-2-4-8-13/h2-4,7-8,12,14-17,19H,5-6,9-11H2,1H3. The monoisotopic (exact) mass is 284 g/mol. The molecular weight excluding hydrogens is 260 g/mol. The summed E-state index contributed by atoms with van der Waals surface area (Å²) in [5.41, 5.74) is 1.11. The molecule has 1 saturated heterocycles. The van der Waals surface area contributed by atoms with E-state index in [0.29, 0.717) is 23.8 Å². The van der Waals surface area contributed by atoms with Gasteiger partial charge in [0.25, 0.3) is 0 Å². The third-order valence-electron chi connectivity index (χ3n) is 5.54. The molecule has 1 aromatic rings. The third kappa shape index (κ3) is 2.28. The summed E-state index contributed by atoms with van der Waals surface area (Å²) in [5, 5.41) is 3.67. The molecule has 1 N–H and O–H groups in total. The zero-order chi connectivity index (χ0) is 14.4. The first-order valence-corrected chi connectivity index (χ1v) is 8.39. The summed E-state index contributed by atoms with van der Waals surface area (Å²) in [6, 6.07) is 10.5. The Labute approximate surface area is 126 Å². The van der Waals surface area contributed by atoms with Gasteiger partial charge in [0, 0.05) is 6.04 Å². The van der Waals surface area contributed by atoms with Gasteiger partial charge >= 0.3 is 0 Å². The molecule has 2 aliphatic carbocycles. The van der Waals surface area contributed by atoms with Crippen LogP contribution >= 0.6 is 0 Å². The minimum Gasteiger partial charge on any atom is -0.322 e. The molecule has 0 radical (unpaired) electrons. The second kappa shape index (κ2) is 5.13. The van der Waals surface area contributed by atoms with E-state index in [2.05, 4.69) is 29.3 Å². The Morgan fingerprint density at radius 3 is 2.43 bits per heavy atom. The van der Waals surface area contributed by atoms with Crippen molar-refractivity contribution < 1.29 is 4.79 Å². The summed E-state index contributed by atoms with van der Waals surface area (Å²) in [6.07, 6.45) is 6.62. The lowest BCUT2D eigenvalue weighted by molar-refractivity contribution is -0.131. The average molecular weight is 284 g/mol. The van der Waals surface area contributed by atoms with Gasteiger partial charge in [-0.3, -0.25) is 10.1 Å². The van der Waals surface area contributed by atoms with Crippen LogP contribution in [0.1, 0.15) is 50.6 Å². The van der Waals surface area contributed by atoms with Gasteiger partial charge in [0.1, 0.15) is 6.04 Å². The molecule has 3 heteroatoms. The summed E-state index contributed by atoms with van der Waals surface area (Å²) in [4.78, 5) is 15.2. The number of nitrogens with one attached hydrogen (secondary N) is 1. The number of benzene rings is 1. The Bertz CT molecular complexity index is 523. The van der Waals surface area contributed by atoms with Gasteiger partial charge in [0.05, 0.1) is 6.17 Å². The number of rotatable bonds is 3. The molecule has 0 spiro atoms. The zero-order valence-corrected chi connectivity index (χ0v) is 12.7. The van der Waals surface area contributed by atoms with Gasteiger partial charge in [0.15, 0.2) is 0 Å². The molecule has 1 heterocycles. The highest BCUT2D eigenvalue weighted by Crippen LogP contribution is 2.44. The van der Waals surface area contributed by atoms with Gasteiger partial charge in [-0.1, -0.05) is 50.1 Å². The highest BCUT2D eigenvalue weighted by Gasteiger charge is 2.52. The molecule has 3 aliphatic rings. The second-order valence-corrected chi connectivity index (χ2v) is 7.03. The largest absolute Gasteiger partial charge is 0.322 e. The quantitative estimate of drug-likeness (QED) is 0.925. The summed E-state index contributed by atoms with van der Waals surface area (Å²) in [6.45, 7) is 2.26. The minimum atomic E-state index is -0.135. The number of hydrogen-bond acceptors (Lipinski definition) is 2. The van der Waals surface area contributed by atoms with Crippen LogP contribution in [0, 0.1) is 11.8 Å². The number of carbonyl (C=O) groups is 1. The predicted molar refractivity (Wildman–Crippen MR) is 82.5 cm³/mol. The van der Waals surface area contributed by atoms with Gasteiger partial charge in [-0.05, 0) is 36.7 Å². The molecule has 21 heavy (non-hydrogen) atoms. The lowest BCUT2D eigenvalue weighted by atomic mass is 10.0. The van der Waals surface area contributed by atoms with Crippen LogP contribution in [0.2, 0.25) is 0 Å². The highest BCUT2D eigenvalue weighted by atomic mass is 16.2. The minimum absolute atomic E-state index is 0.135. The third-order valence-corrected chi connectivity index (χ3v) is 5.54. The highest BCUT2D eigenvalue weighted by molar-refractivity contribution is 5.86. The second-order valence-electron chi connectivity index (χ2n) is 7.03. The van der Waals surface area contributed by atoms with Gasteiger partial charge < -0.3 is 4.90 Å². The molecule has 112 valence electrons. The van der Waals surface area contributed by atoms with Crippen LogP contribution in [-0.4, -0.2) is 23.0 Å². The predicted octanol–water partition coefficient (Wildman–Crippen LogP) is 3.08. The molecule has 1 amide bonds. The summed E-state index contributed by atoms with van der Waals surface area (Å²) >= 11 is 0. The van der Waals surface area contributed by atoms with Crippen LogP contribution in [0.4, 0.5) is 0 Å². The van der Waals surface area contributed by atoms with E-state index in [1.807, 2.05) is 18.2 Å². The van der Waals surface area contributed by atoms with Crippen molar-refractivity contribution in [2.75, 3.05) is 0 Å². The normalized spacial score (nSPS) is 36.4. The molecular formula is C18H24N2O. The maximum absolute atomic E-state index is 13.0. The lowest BCUT2D eigenvalue weighted by Crippen LogP contribution is -2.44. The van der Waals surface area contributed by atoms with Crippen LogP contribution in [0.15, 0.2) is 30.3 Å². The first kappa shape index (κ1) is 13.3. The fourth-order valence-electron chi connectivity index (χ4n) is 4.19. The molecule has 1 aliphatic heterocycles. The molecule has 4 atom stereocenters.